The van der Waals surface area contributed by atoms with E-state index in [0.717, 1.165) is 24.1 Å². The van der Waals surface area contributed by atoms with Crippen molar-refractivity contribution in [1.82, 2.24) is 20.5 Å². The number of aromatic nitrogens is 3. The van der Waals surface area contributed by atoms with Crippen LogP contribution in [0.25, 0.3) is 0 Å². The van der Waals surface area contributed by atoms with Gasteiger partial charge in [0.25, 0.3) is 0 Å². The highest BCUT2D eigenvalue weighted by Crippen LogP contribution is 2.17. The molecular weight excluding hydrogens is 196 g/mol. The quantitative estimate of drug-likeness (QED) is 0.558. The third kappa shape index (κ3) is 4.11. The highest BCUT2D eigenvalue weighted by atomic mass is 32.2. The summed E-state index contributed by atoms with van der Waals surface area (Å²) in [7, 11) is 0. The number of aryl methyl sites for hydroxylation is 1. The van der Waals surface area contributed by atoms with E-state index in [1.807, 2.05) is 6.92 Å². The zero-order valence-corrected chi connectivity index (χ0v) is 9.82. The molecule has 5 heteroatoms. The van der Waals surface area contributed by atoms with E-state index in [-0.39, 0.29) is 0 Å². The van der Waals surface area contributed by atoms with Gasteiger partial charge in [0.1, 0.15) is 5.82 Å². The minimum atomic E-state index is 0.511. The summed E-state index contributed by atoms with van der Waals surface area (Å²) in [5, 5.41) is 11.6. The van der Waals surface area contributed by atoms with Gasteiger partial charge < -0.3 is 5.32 Å². The van der Waals surface area contributed by atoms with Crippen LogP contribution in [0, 0.1) is 6.92 Å². The smallest absolute Gasteiger partial charge is 0.208 e. The molecule has 1 atom stereocenters. The van der Waals surface area contributed by atoms with Gasteiger partial charge in [0.2, 0.25) is 5.16 Å². The highest BCUT2D eigenvalue weighted by molar-refractivity contribution is 7.99. The van der Waals surface area contributed by atoms with E-state index in [2.05, 4.69) is 34.3 Å². The fourth-order valence-corrected chi connectivity index (χ4v) is 1.93. The first-order chi connectivity index (χ1) is 6.72. The third-order valence-corrected chi connectivity index (χ3v) is 2.70. The van der Waals surface area contributed by atoms with Crippen LogP contribution in [0.15, 0.2) is 5.16 Å². The fraction of sp³-hybridized carbons (Fsp3) is 0.778. The van der Waals surface area contributed by atoms with Crippen molar-refractivity contribution < 1.29 is 0 Å². The average molecular weight is 214 g/mol. The molecule has 0 aliphatic carbocycles. The predicted molar refractivity (Wildman–Crippen MR) is 59.6 cm³/mol. The van der Waals surface area contributed by atoms with Gasteiger partial charge in [-0.25, -0.2) is 4.98 Å². The molecule has 0 saturated heterocycles. The van der Waals surface area contributed by atoms with Crippen molar-refractivity contribution in [3.63, 3.8) is 0 Å². The largest absolute Gasteiger partial charge is 0.316 e. The van der Waals surface area contributed by atoms with E-state index in [4.69, 9.17) is 0 Å². The second-order valence-corrected chi connectivity index (χ2v) is 4.74. The van der Waals surface area contributed by atoms with E-state index in [1.165, 1.54) is 6.42 Å². The predicted octanol–water partition coefficient (Wildman–Crippen LogP) is 1.59. The van der Waals surface area contributed by atoms with Crippen LogP contribution < -0.4 is 5.32 Å². The van der Waals surface area contributed by atoms with Gasteiger partial charge in [-0.3, -0.25) is 5.10 Å². The molecule has 1 aromatic heterocycles. The molecule has 1 unspecified atom stereocenters. The van der Waals surface area contributed by atoms with Crippen molar-refractivity contribution in [2.75, 3.05) is 13.1 Å². The molecule has 80 valence electrons. The molecule has 0 fully saturated rings. The summed E-state index contributed by atoms with van der Waals surface area (Å²) in [5.41, 5.74) is 0. The van der Waals surface area contributed by atoms with Gasteiger partial charge in [0.05, 0.1) is 0 Å². The number of aromatic amines is 1. The van der Waals surface area contributed by atoms with Gasteiger partial charge in [-0.2, -0.15) is 0 Å². The van der Waals surface area contributed by atoms with Crippen molar-refractivity contribution in [3.8, 4) is 0 Å². The van der Waals surface area contributed by atoms with Crippen molar-refractivity contribution >= 4 is 11.8 Å². The number of nitrogens with one attached hydrogen (secondary N) is 2. The summed E-state index contributed by atoms with van der Waals surface area (Å²) in [6.45, 7) is 8.35. The molecule has 0 aliphatic rings. The summed E-state index contributed by atoms with van der Waals surface area (Å²) in [5.74, 6) is 0.876. The van der Waals surface area contributed by atoms with E-state index < -0.39 is 0 Å². The van der Waals surface area contributed by atoms with E-state index in [1.54, 1.807) is 11.8 Å². The molecule has 14 heavy (non-hydrogen) atoms. The lowest BCUT2D eigenvalue weighted by atomic mass is 10.4. The Morgan fingerprint density at radius 3 is 2.93 bits per heavy atom. The lowest BCUT2D eigenvalue weighted by Gasteiger charge is -2.08. The van der Waals surface area contributed by atoms with Crippen LogP contribution >= 0.6 is 11.8 Å². The molecule has 0 saturated carbocycles. The van der Waals surface area contributed by atoms with Crippen LogP contribution in [-0.2, 0) is 0 Å². The van der Waals surface area contributed by atoms with Crippen LogP contribution in [0.3, 0.4) is 0 Å². The summed E-state index contributed by atoms with van der Waals surface area (Å²) >= 11 is 1.70. The molecule has 0 aliphatic heterocycles. The Bertz CT molecular complexity index is 261. The molecule has 1 rings (SSSR count). The van der Waals surface area contributed by atoms with Gasteiger partial charge in [0.15, 0.2) is 0 Å². The molecule has 1 heterocycles. The summed E-state index contributed by atoms with van der Waals surface area (Å²) < 4.78 is 0. The zero-order valence-electron chi connectivity index (χ0n) is 9.00. The molecule has 0 radical (unpaired) electrons. The summed E-state index contributed by atoms with van der Waals surface area (Å²) in [4.78, 5) is 4.25. The molecule has 0 aromatic carbocycles. The normalized spacial score (nSPS) is 13.1. The Morgan fingerprint density at radius 2 is 2.36 bits per heavy atom. The minimum Gasteiger partial charge on any atom is -0.316 e. The highest BCUT2D eigenvalue weighted by Gasteiger charge is 2.07. The van der Waals surface area contributed by atoms with Crippen LogP contribution in [0.1, 0.15) is 26.1 Å². The first-order valence-corrected chi connectivity index (χ1v) is 5.86. The SMILES string of the molecule is CCCNCC(C)Sc1n[nH]c(C)n1. The topological polar surface area (TPSA) is 53.6 Å². The standard InChI is InChI=1S/C9H18N4S/c1-4-5-10-6-7(2)14-9-11-8(3)12-13-9/h7,10H,4-6H2,1-3H3,(H,11,12,13). The first kappa shape index (κ1) is 11.5. The molecule has 2 N–H and O–H groups in total. The number of hydrogen-bond acceptors (Lipinski definition) is 4. The Morgan fingerprint density at radius 1 is 1.57 bits per heavy atom. The Kier molecular flexibility index (Phi) is 4.97. The Hall–Kier alpha value is -0.550. The van der Waals surface area contributed by atoms with Crippen LogP contribution in [0.5, 0.6) is 0 Å². The van der Waals surface area contributed by atoms with Crippen LogP contribution in [-0.4, -0.2) is 33.5 Å². The maximum atomic E-state index is 4.25. The van der Waals surface area contributed by atoms with E-state index >= 15 is 0 Å². The number of thioether (sulfide) groups is 1. The summed E-state index contributed by atoms with van der Waals surface area (Å²) in [6, 6.07) is 0. The Labute approximate surface area is 89.3 Å². The van der Waals surface area contributed by atoms with Gasteiger partial charge in [-0.05, 0) is 19.9 Å². The number of H-pyrrole nitrogens is 1. The number of hydrogen-bond donors (Lipinski definition) is 2. The lowest BCUT2D eigenvalue weighted by Crippen LogP contribution is -2.23. The molecule has 0 bridgehead atoms. The zero-order chi connectivity index (χ0) is 10.4. The third-order valence-electron chi connectivity index (χ3n) is 1.74. The molecule has 0 amide bonds. The average Bonchev–Trinajstić information content (AvgIpc) is 2.52. The number of rotatable bonds is 6. The van der Waals surface area contributed by atoms with Crippen LogP contribution in [0.4, 0.5) is 0 Å². The second kappa shape index (κ2) is 6.03. The summed E-state index contributed by atoms with van der Waals surface area (Å²) in [6.07, 6.45) is 1.18. The van der Waals surface area contributed by atoms with Crippen molar-refractivity contribution in [2.24, 2.45) is 0 Å². The van der Waals surface area contributed by atoms with Gasteiger partial charge in [-0.15, -0.1) is 5.10 Å². The maximum Gasteiger partial charge on any atom is 0.208 e. The monoisotopic (exact) mass is 214 g/mol. The van der Waals surface area contributed by atoms with Gasteiger partial charge in [-0.1, -0.05) is 25.6 Å². The van der Waals surface area contributed by atoms with E-state index in [0.29, 0.717) is 5.25 Å². The molecule has 1 aromatic rings. The molecule has 0 spiro atoms. The first-order valence-electron chi connectivity index (χ1n) is 4.98. The number of nitrogens with zero attached hydrogens (tertiary/aromatic N) is 2. The van der Waals surface area contributed by atoms with Crippen molar-refractivity contribution in [2.45, 2.75) is 37.6 Å². The molecular formula is C9H18N4S. The van der Waals surface area contributed by atoms with Crippen LogP contribution in [0.2, 0.25) is 0 Å². The van der Waals surface area contributed by atoms with Gasteiger partial charge in [0, 0.05) is 11.8 Å². The maximum absolute atomic E-state index is 4.25. The minimum absolute atomic E-state index is 0.511. The lowest BCUT2D eigenvalue weighted by molar-refractivity contribution is 0.668. The fourth-order valence-electron chi connectivity index (χ4n) is 1.08. The molecule has 4 nitrogen and oxygen atoms in total. The van der Waals surface area contributed by atoms with Crippen molar-refractivity contribution in [1.29, 1.82) is 0 Å². The second-order valence-electron chi connectivity index (χ2n) is 3.34. The van der Waals surface area contributed by atoms with E-state index in [9.17, 15) is 0 Å². The van der Waals surface area contributed by atoms with Gasteiger partial charge >= 0.3 is 0 Å². The van der Waals surface area contributed by atoms with Crippen molar-refractivity contribution in [3.05, 3.63) is 5.82 Å². The Balaban J connectivity index is 2.23.